The van der Waals surface area contributed by atoms with Crippen LogP contribution in [-0.4, -0.2) is 66.3 Å². The largest absolute Gasteiger partial charge is 0.457 e. The SMILES string of the molecule is CC(=O)NC(=S)Nc1ccc(Oc2ccnc(NC(=O)NCCCN3CCOCC3)c2)cc1Cl.c1cc2cc-2c1. The minimum Gasteiger partial charge on any atom is -0.457 e. The number of aromatic nitrogens is 1. The average molecular weight is 583 g/mol. The molecule has 40 heavy (non-hydrogen) atoms. The molecule has 2 aromatic rings. The zero-order valence-corrected chi connectivity index (χ0v) is 23.6. The molecule has 12 heteroatoms. The zero-order chi connectivity index (χ0) is 28.3. The van der Waals surface area contributed by atoms with Gasteiger partial charge in [0.05, 0.1) is 23.9 Å². The number of anilines is 2. The van der Waals surface area contributed by atoms with Gasteiger partial charge in [0.25, 0.3) is 0 Å². The van der Waals surface area contributed by atoms with Crippen LogP contribution in [-0.2, 0) is 9.53 Å². The Hall–Kier alpha value is -3.77. The van der Waals surface area contributed by atoms with E-state index in [9.17, 15) is 9.59 Å². The number of rotatable bonds is 8. The lowest BCUT2D eigenvalue weighted by molar-refractivity contribution is -0.117. The molecule has 1 aromatic heterocycles. The Morgan fingerprint density at radius 2 is 1.80 bits per heavy atom. The highest BCUT2D eigenvalue weighted by atomic mass is 35.5. The molecule has 3 amide bonds. The van der Waals surface area contributed by atoms with Crippen molar-refractivity contribution < 1.29 is 19.1 Å². The van der Waals surface area contributed by atoms with E-state index in [1.165, 1.54) is 24.2 Å². The van der Waals surface area contributed by atoms with Gasteiger partial charge in [-0.15, -0.1) is 0 Å². The molecule has 0 unspecified atom stereocenters. The summed E-state index contributed by atoms with van der Waals surface area (Å²) < 4.78 is 11.2. The predicted octanol–water partition coefficient (Wildman–Crippen LogP) is 4.87. The van der Waals surface area contributed by atoms with Gasteiger partial charge in [0, 0.05) is 44.9 Å². The van der Waals surface area contributed by atoms with Crippen LogP contribution in [0, 0.1) is 0 Å². The fourth-order valence-corrected chi connectivity index (χ4v) is 4.29. The maximum Gasteiger partial charge on any atom is 0.320 e. The molecule has 0 spiro atoms. The van der Waals surface area contributed by atoms with Gasteiger partial charge < -0.3 is 25.4 Å². The van der Waals surface area contributed by atoms with Crippen molar-refractivity contribution in [2.75, 3.05) is 50.0 Å². The summed E-state index contributed by atoms with van der Waals surface area (Å²) in [4.78, 5) is 29.7. The number of hydrogen-bond donors (Lipinski definition) is 4. The van der Waals surface area contributed by atoms with Crippen LogP contribution in [0.1, 0.15) is 13.3 Å². The Kier molecular flexibility index (Phi) is 10.6. The Balaban J connectivity index is 0.000000534. The molecule has 10 nitrogen and oxygen atoms in total. The van der Waals surface area contributed by atoms with Crippen molar-refractivity contribution in [3.05, 3.63) is 65.8 Å². The molecule has 0 atom stereocenters. The summed E-state index contributed by atoms with van der Waals surface area (Å²) in [6.45, 7) is 6.22. The number of carbonyl (C=O) groups excluding carboxylic acids is 2. The third-order valence-electron chi connectivity index (χ3n) is 5.84. The van der Waals surface area contributed by atoms with E-state index in [0.29, 0.717) is 34.6 Å². The first-order chi connectivity index (χ1) is 19.4. The number of thiocarbonyl (C=S) groups is 1. The number of morpholine rings is 1. The molecular weight excluding hydrogens is 552 g/mol. The smallest absolute Gasteiger partial charge is 0.320 e. The summed E-state index contributed by atoms with van der Waals surface area (Å²) in [5, 5.41) is 11.3. The molecule has 2 heterocycles. The molecule has 1 aliphatic heterocycles. The Bertz CT molecular complexity index is 1330. The van der Waals surface area contributed by atoms with Gasteiger partial charge in [0.15, 0.2) is 5.11 Å². The average Bonchev–Trinajstić information content (AvgIpc) is 3.52. The Morgan fingerprint density at radius 3 is 2.45 bits per heavy atom. The third kappa shape index (κ3) is 9.76. The van der Waals surface area contributed by atoms with Crippen LogP contribution in [0.2, 0.25) is 5.02 Å². The van der Waals surface area contributed by atoms with Gasteiger partial charge in [-0.1, -0.05) is 29.8 Å². The van der Waals surface area contributed by atoms with Gasteiger partial charge in [0.2, 0.25) is 5.91 Å². The van der Waals surface area contributed by atoms with Crippen LogP contribution in [0.3, 0.4) is 0 Å². The minimum atomic E-state index is -0.333. The van der Waals surface area contributed by atoms with Gasteiger partial charge >= 0.3 is 6.03 Å². The van der Waals surface area contributed by atoms with Crippen molar-refractivity contribution >= 4 is 52.4 Å². The lowest BCUT2D eigenvalue weighted by Gasteiger charge is -2.26. The van der Waals surface area contributed by atoms with Crippen LogP contribution in [0.25, 0.3) is 11.1 Å². The van der Waals surface area contributed by atoms with E-state index in [1.807, 2.05) is 0 Å². The van der Waals surface area contributed by atoms with Crippen molar-refractivity contribution in [3.63, 3.8) is 0 Å². The van der Waals surface area contributed by atoms with E-state index in [4.69, 9.17) is 33.3 Å². The molecule has 0 saturated carbocycles. The summed E-state index contributed by atoms with van der Waals surface area (Å²) in [6.07, 6.45) is 2.39. The fraction of sp³-hybridized carbons (Fsp3) is 0.286. The van der Waals surface area contributed by atoms with Crippen LogP contribution in [0.4, 0.5) is 16.3 Å². The second-order valence-electron chi connectivity index (χ2n) is 9.03. The number of benzene rings is 2. The minimum absolute atomic E-state index is 0.146. The number of amides is 3. The van der Waals surface area contributed by atoms with Crippen LogP contribution in [0.5, 0.6) is 11.5 Å². The van der Waals surface area contributed by atoms with Crippen molar-refractivity contribution in [1.29, 1.82) is 0 Å². The number of hydrogen-bond acceptors (Lipinski definition) is 7. The summed E-state index contributed by atoms with van der Waals surface area (Å²) >= 11 is 11.3. The highest BCUT2D eigenvalue weighted by molar-refractivity contribution is 7.80. The molecule has 210 valence electrons. The molecule has 4 N–H and O–H groups in total. The Morgan fingerprint density at radius 1 is 1.05 bits per heavy atom. The normalized spacial score (nSPS) is 13.2. The van der Waals surface area contributed by atoms with Crippen LogP contribution < -0.4 is 26.0 Å². The van der Waals surface area contributed by atoms with Crippen molar-refractivity contribution in [3.8, 4) is 22.6 Å². The number of fused-ring (bicyclic) bond motifs is 1. The van der Waals surface area contributed by atoms with Gasteiger partial charge in [-0.05, 0) is 60.6 Å². The summed E-state index contributed by atoms with van der Waals surface area (Å²) in [5.74, 6) is 1.03. The zero-order valence-electron chi connectivity index (χ0n) is 22.0. The second kappa shape index (κ2) is 14.6. The number of urea groups is 1. The fourth-order valence-electron chi connectivity index (χ4n) is 3.82. The Labute approximate surface area is 243 Å². The number of carbonyl (C=O) groups is 2. The summed E-state index contributed by atoms with van der Waals surface area (Å²) in [5.41, 5.74) is 3.38. The topological polar surface area (TPSA) is 117 Å². The van der Waals surface area contributed by atoms with Crippen LogP contribution in [0.15, 0.2) is 60.8 Å². The quantitative estimate of drug-likeness (QED) is 0.172. The van der Waals surface area contributed by atoms with Gasteiger partial charge in [-0.3, -0.25) is 15.0 Å². The summed E-state index contributed by atoms with van der Waals surface area (Å²) in [7, 11) is 0. The molecule has 5 rings (SSSR count). The maximum atomic E-state index is 12.2. The molecule has 0 bridgehead atoms. The van der Waals surface area contributed by atoms with Gasteiger partial charge in [-0.25, -0.2) is 9.78 Å². The van der Waals surface area contributed by atoms with E-state index in [1.54, 1.807) is 30.3 Å². The van der Waals surface area contributed by atoms with E-state index in [2.05, 4.69) is 55.4 Å². The molecular formula is C28H31ClN6O4S. The number of nitrogens with one attached hydrogen (secondary N) is 4. The molecule has 3 aliphatic rings. The standard InChI is InChI=1S/C22H27ClN6O4S.C6H4/c1-15(30)26-22(34)27-19-4-3-16(13-18(19)23)33-17-5-7-24-20(14-17)28-21(31)25-6-2-8-29-9-11-32-12-10-29;1-2-5-4-6(5)3-1/h3-5,7,13-14H,2,6,8-12H2,1H3,(H2,24,25,28,31)(H2,26,27,30,34);1-4H. The lowest BCUT2D eigenvalue weighted by Crippen LogP contribution is -2.38. The number of ether oxygens (including phenoxy) is 2. The second-order valence-corrected chi connectivity index (χ2v) is 9.84. The van der Waals surface area contributed by atoms with E-state index in [0.717, 1.165) is 39.3 Å². The molecule has 1 aromatic carbocycles. The molecule has 1 fully saturated rings. The van der Waals surface area contributed by atoms with E-state index < -0.39 is 0 Å². The first kappa shape index (κ1) is 29.2. The first-order valence-electron chi connectivity index (χ1n) is 12.8. The lowest BCUT2D eigenvalue weighted by atomic mass is 10.3. The third-order valence-corrected chi connectivity index (χ3v) is 6.36. The number of halogens is 1. The maximum absolute atomic E-state index is 12.2. The van der Waals surface area contributed by atoms with E-state index >= 15 is 0 Å². The van der Waals surface area contributed by atoms with E-state index in [-0.39, 0.29) is 17.1 Å². The first-order valence-corrected chi connectivity index (χ1v) is 13.6. The van der Waals surface area contributed by atoms with Crippen molar-refractivity contribution in [1.82, 2.24) is 20.5 Å². The monoisotopic (exact) mass is 582 g/mol. The highest BCUT2D eigenvalue weighted by Crippen LogP contribution is 2.33. The molecule has 0 radical (unpaired) electrons. The van der Waals surface area contributed by atoms with Crippen molar-refractivity contribution in [2.45, 2.75) is 13.3 Å². The highest BCUT2D eigenvalue weighted by Gasteiger charge is 2.11. The number of nitrogens with zero attached hydrogens (tertiary/aromatic N) is 2. The molecule has 1 saturated heterocycles. The predicted molar refractivity (Wildman–Crippen MR) is 160 cm³/mol. The van der Waals surface area contributed by atoms with Gasteiger partial charge in [0.1, 0.15) is 17.3 Å². The summed E-state index contributed by atoms with van der Waals surface area (Å²) in [6, 6.07) is 16.4. The number of pyridine rings is 1. The van der Waals surface area contributed by atoms with Crippen molar-refractivity contribution in [2.24, 2.45) is 0 Å². The van der Waals surface area contributed by atoms with Crippen LogP contribution >= 0.6 is 23.8 Å². The van der Waals surface area contributed by atoms with Gasteiger partial charge in [-0.2, -0.15) is 0 Å². The molecule has 2 aliphatic carbocycles.